The van der Waals surface area contributed by atoms with Crippen molar-refractivity contribution < 1.29 is 37.4 Å². The molecule has 3 amide bonds. The lowest BCUT2D eigenvalue weighted by atomic mass is 9.87. The first-order chi connectivity index (χ1) is 63.6. The third-order valence-electron chi connectivity index (χ3n) is 27.5. The number of likely N-dealkylation sites (N-methyl/N-ethyl adjacent to an activating group) is 3. The molecule has 3 aliphatic carbocycles. The van der Waals surface area contributed by atoms with E-state index in [0.717, 1.165) is 115 Å². The predicted molar refractivity (Wildman–Crippen MR) is 539 cm³/mol. The van der Waals surface area contributed by atoms with Crippen molar-refractivity contribution in [3.8, 4) is 55.1 Å². The van der Waals surface area contributed by atoms with Gasteiger partial charge in [0.25, 0.3) is 23.6 Å². The molecule has 0 unspecified atom stereocenters. The van der Waals surface area contributed by atoms with E-state index in [1.165, 1.54) is 92.5 Å². The summed E-state index contributed by atoms with van der Waals surface area (Å²) in [6, 6.07) is 39.1. The molecule has 134 heavy (non-hydrogen) atoms. The number of rotatable bonds is 25. The fourth-order valence-corrected chi connectivity index (χ4v) is 19.9. The van der Waals surface area contributed by atoms with E-state index in [1.807, 2.05) is 11.9 Å². The van der Waals surface area contributed by atoms with E-state index >= 15 is 0 Å². The van der Waals surface area contributed by atoms with Gasteiger partial charge < -0.3 is 82.6 Å². The van der Waals surface area contributed by atoms with Crippen LogP contribution in [0.15, 0.2) is 109 Å². The van der Waals surface area contributed by atoms with Crippen molar-refractivity contribution in [1.29, 1.82) is 0 Å². The van der Waals surface area contributed by atoms with Crippen molar-refractivity contribution in [3.05, 3.63) is 194 Å². The van der Waals surface area contributed by atoms with Crippen molar-refractivity contribution >= 4 is 125 Å². The number of nitrogens with zero attached hydrogens (tertiary/aromatic N) is 21. The molecule has 9 heterocycles. The molecule has 3 saturated heterocycles. The first kappa shape index (κ1) is 99.4. The van der Waals surface area contributed by atoms with Crippen LogP contribution in [0, 0.1) is 83.4 Å². The number of anilines is 6. The maximum atomic E-state index is 13.4. The molecule has 27 nitrogen and oxygen atoms in total. The van der Waals surface area contributed by atoms with Crippen LogP contribution in [0.3, 0.4) is 0 Å². The number of benzene rings is 6. The van der Waals surface area contributed by atoms with Gasteiger partial charge in [-0.1, -0.05) is 97.4 Å². The molecule has 9 aromatic rings. The monoisotopic (exact) mass is 1870 g/mol. The Bertz CT molecular complexity index is 6000. The zero-order valence-corrected chi connectivity index (χ0v) is 80.4. The van der Waals surface area contributed by atoms with Gasteiger partial charge in [-0.25, -0.2) is 28.5 Å². The van der Waals surface area contributed by atoms with Gasteiger partial charge in [0.2, 0.25) is 19.6 Å². The van der Waals surface area contributed by atoms with Crippen LogP contribution in [0.2, 0.25) is 0 Å². The summed E-state index contributed by atoms with van der Waals surface area (Å²) in [5.74, 6) is 6.22. The van der Waals surface area contributed by atoms with E-state index in [9.17, 15) is 23.2 Å². The fourth-order valence-electron chi connectivity index (χ4n) is 19.9. The minimum absolute atomic E-state index is 0. The smallest absolute Gasteiger partial charge is 0.318 e. The Hall–Kier alpha value is -12.1. The van der Waals surface area contributed by atoms with Gasteiger partial charge in [0.05, 0.1) is 36.7 Å². The number of aromatic nitrogens is 6. The molecule has 6 aromatic carbocycles. The van der Waals surface area contributed by atoms with E-state index in [-0.39, 0.29) is 122 Å². The van der Waals surface area contributed by atoms with E-state index < -0.39 is 11.8 Å². The standard InChI is InChI=1S/C34H37F2N7O2.2C34H39N7O2.3H2S/c1-5-30(44)43-15-14-42(21-26(43)20-37-3)32-27-12-13-41(29-11-7-10-24-9-6-8-23(2)31(24)29)22-28(27)38-33(39-32)45-17-16-40(4)25-18-34(35,36)19-25;1-5-31(42)41-18-17-40(22-27(41)21-35-3)33-28-15-16-39(30-14-7-11-25-10-6-9-24(2)32(25)30)23-29(28)36-34(37-33)43-20-19-38(4)26-12-8-13-26;1-5-31(42)41-17-16-40(22-27(41)20-35-3)33-28-14-15-39(30-11-7-10-26-9-6-8-24(2)32(26)30)23-29(28)36-34(37-33)43-19-18-38(4)21-25-12-13-25;;;/h1,6-11,25-26H,12-22H2,2,4H3;1,6-7,9-11,14,26-27H,8,12-13,15-23H2,2,4H3;1,6-11,25,27H,12-23H2,2,4H3;3*1H2/t26-;2*27-;;;/m000.../s1. The molecule has 6 aliphatic heterocycles. The van der Waals surface area contributed by atoms with Gasteiger partial charge in [-0.2, -0.15) is 70.4 Å². The second-order valence-electron chi connectivity index (χ2n) is 36.1. The van der Waals surface area contributed by atoms with Gasteiger partial charge in [0.15, 0.2) is 0 Å². The van der Waals surface area contributed by atoms with E-state index in [4.69, 9.17) is 83.1 Å². The lowest BCUT2D eigenvalue weighted by Gasteiger charge is -2.41. The quantitative estimate of drug-likeness (QED) is 0.0385. The molecule has 18 rings (SSSR count). The first-order valence-corrected chi connectivity index (χ1v) is 45.9. The number of hydrogen-bond acceptors (Lipinski definition) is 21. The van der Waals surface area contributed by atoms with Crippen LogP contribution in [0.1, 0.15) is 95.4 Å². The first-order valence-electron chi connectivity index (χ1n) is 45.9. The lowest BCUT2D eigenvalue weighted by molar-refractivity contribution is -0.128. The number of aryl methyl sites for hydroxylation is 3. The van der Waals surface area contributed by atoms with Crippen LogP contribution in [0.5, 0.6) is 18.0 Å². The average molecular weight is 1870 g/mol. The Kier molecular flexibility index (Phi) is 33.2. The maximum Gasteiger partial charge on any atom is 0.318 e. The Labute approximate surface area is 807 Å². The fraction of sp³-hybridized carbons (Fsp3) is 0.471. The summed E-state index contributed by atoms with van der Waals surface area (Å²) in [5.41, 5.74) is 13.4. The zero-order chi connectivity index (χ0) is 91.6. The van der Waals surface area contributed by atoms with Gasteiger partial charge in [0.1, 0.15) is 55.4 Å². The largest absolute Gasteiger partial charge is 0.462 e. The average Bonchev–Trinajstić information content (AvgIpc) is 0.921. The summed E-state index contributed by atoms with van der Waals surface area (Å²) in [4.78, 5) is 103. The van der Waals surface area contributed by atoms with Crippen molar-refractivity contribution in [2.24, 2.45) is 5.92 Å². The normalized spacial score (nSPS) is 18.4. The van der Waals surface area contributed by atoms with Crippen molar-refractivity contribution in [2.75, 3.05) is 195 Å². The summed E-state index contributed by atoms with van der Waals surface area (Å²) in [6.45, 7) is 42.6. The molecule has 3 saturated carbocycles. The number of ether oxygens (including phenoxy) is 3. The van der Waals surface area contributed by atoms with Crippen molar-refractivity contribution in [2.45, 2.75) is 141 Å². The topological polar surface area (TPSA) is 208 Å². The number of amides is 3. The molecule has 0 spiro atoms. The Morgan fingerprint density at radius 1 is 0.440 bits per heavy atom. The van der Waals surface area contributed by atoms with Gasteiger partial charge in [-0.05, 0) is 162 Å². The minimum atomic E-state index is -2.58. The molecule has 702 valence electrons. The lowest BCUT2D eigenvalue weighted by Crippen LogP contribution is -2.56. The molecule has 0 bridgehead atoms. The summed E-state index contributed by atoms with van der Waals surface area (Å²) < 4.78 is 45.3. The molecule has 32 heteroatoms. The van der Waals surface area contributed by atoms with Crippen LogP contribution < -0.4 is 43.6 Å². The second-order valence-corrected chi connectivity index (χ2v) is 36.1. The van der Waals surface area contributed by atoms with Gasteiger partial charge in [-0.3, -0.25) is 19.3 Å². The second kappa shape index (κ2) is 44.8. The van der Waals surface area contributed by atoms with Gasteiger partial charge >= 0.3 is 18.0 Å². The number of hydrogen-bond donors (Lipinski definition) is 0. The van der Waals surface area contributed by atoms with Crippen LogP contribution in [-0.2, 0) is 53.3 Å². The van der Waals surface area contributed by atoms with Crippen LogP contribution in [-0.4, -0.2) is 278 Å². The predicted octanol–water partition coefficient (Wildman–Crippen LogP) is 12.2. The third kappa shape index (κ3) is 22.6. The number of carbonyl (C=O) groups is 3. The molecule has 3 atom stereocenters. The molecular formula is C102H121F2N21O6S3. The molecule has 3 aromatic heterocycles. The summed E-state index contributed by atoms with van der Waals surface area (Å²) in [6.07, 6.45) is 24.8. The van der Waals surface area contributed by atoms with Gasteiger partial charge in [0, 0.05) is 180 Å². The third-order valence-corrected chi connectivity index (χ3v) is 27.5. The van der Waals surface area contributed by atoms with Crippen molar-refractivity contribution in [1.82, 2.24) is 59.3 Å². The molecule has 0 N–H and O–H groups in total. The highest BCUT2D eigenvalue weighted by molar-refractivity contribution is 7.59. The van der Waals surface area contributed by atoms with Crippen LogP contribution in [0.4, 0.5) is 43.3 Å². The number of fused-ring (bicyclic) bond motifs is 6. The van der Waals surface area contributed by atoms with Crippen LogP contribution in [0.25, 0.3) is 46.9 Å². The number of terminal acetylenes is 3. The Morgan fingerprint density at radius 2 is 0.761 bits per heavy atom. The van der Waals surface area contributed by atoms with Crippen molar-refractivity contribution in [3.63, 3.8) is 0 Å². The molecule has 0 radical (unpaired) electrons. The zero-order valence-electron chi connectivity index (χ0n) is 77.4. The van der Waals surface area contributed by atoms with E-state index in [2.05, 4.69) is 216 Å². The molecule has 6 fully saturated rings. The number of halogens is 2. The minimum Gasteiger partial charge on any atom is -0.462 e. The highest BCUT2D eigenvalue weighted by Crippen LogP contribution is 2.43. The Balaban J connectivity index is 0.000000169. The number of carbonyl (C=O) groups excluding carboxylic acids is 3. The van der Waals surface area contributed by atoms with Crippen LogP contribution >= 0.6 is 40.5 Å². The number of alkyl halides is 2. The summed E-state index contributed by atoms with van der Waals surface area (Å²) in [7, 11) is 6.13. The molecule has 9 aliphatic rings. The maximum absolute atomic E-state index is 13.4. The summed E-state index contributed by atoms with van der Waals surface area (Å²) >= 11 is 0. The summed E-state index contributed by atoms with van der Waals surface area (Å²) in [5, 5.41) is 7.41. The van der Waals surface area contributed by atoms with Gasteiger partial charge in [-0.15, -0.1) is 19.3 Å². The molecular weight excluding hydrogens is 1750 g/mol. The highest BCUT2D eigenvalue weighted by Gasteiger charge is 2.47. The Morgan fingerprint density at radius 3 is 1.06 bits per heavy atom. The van der Waals surface area contributed by atoms with E-state index in [1.54, 1.807) is 14.7 Å². The number of piperazine rings is 3. The van der Waals surface area contributed by atoms with E-state index in [0.29, 0.717) is 123 Å². The highest BCUT2D eigenvalue weighted by atomic mass is 32.1. The SMILES string of the molecule is S.S.S.[C-]#[N+]C[C@H]1CN(c2nc(OCCN(C)C3CC(F)(F)C3)nc3c2CCN(c2cccc4cccc(C)c24)C3)CCN1C(=O)C#C.[C-]#[N+]C[C@H]1CN(c2nc(OCCN(C)C3CCC3)nc3c2CCN(c2cccc4cccc(C)c24)C3)CCN1C(=O)C#C.[C-]#[N+]C[C@H]1CN(c2nc(OCCN(C)CC3CC3)nc3c2CCN(c2cccc4cccc(C)c24)C3)CCN1C(=O)C#C.